The molecule has 15 aromatic rings. The van der Waals surface area contributed by atoms with E-state index in [4.69, 9.17) is 29.9 Å². The van der Waals surface area contributed by atoms with Gasteiger partial charge in [-0.2, -0.15) is 0 Å². The summed E-state index contributed by atoms with van der Waals surface area (Å²) >= 11 is 10.9. The van der Waals surface area contributed by atoms with Gasteiger partial charge in [0.25, 0.3) is 0 Å². The molecule has 0 amide bonds. The Balaban J connectivity index is 0.000000133. The summed E-state index contributed by atoms with van der Waals surface area (Å²) in [6.07, 6.45) is 15.4. The molecule has 1 aliphatic heterocycles. The van der Waals surface area contributed by atoms with E-state index in [2.05, 4.69) is 405 Å². The Bertz CT molecular complexity index is 6080. The number of benzene rings is 11. The molecule has 4 aliphatic rings. The molecule has 628 valence electrons. The summed E-state index contributed by atoms with van der Waals surface area (Å²) < 4.78 is 3.30. The van der Waals surface area contributed by atoms with Crippen LogP contribution in [0.2, 0.25) is 0 Å². The fourth-order valence-electron chi connectivity index (χ4n) is 17.6. The van der Waals surface area contributed by atoms with Gasteiger partial charge in [-0.3, -0.25) is 19.7 Å². The average molecular weight is 1840 g/mol. The zero-order valence-electron chi connectivity index (χ0n) is 71.1. The second-order valence-corrected chi connectivity index (χ2v) is 35.8. The van der Waals surface area contributed by atoms with Crippen molar-refractivity contribution in [3.05, 3.63) is 413 Å². The van der Waals surface area contributed by atoms with Gasteiger partial charge < -0.3 is 25.8 Å². The van der Waals surface area contributed by atoms with E-state index in [0.717, 1.165) is 165 Å². The Morgan fingerprint density at radius 1 is 0.360 bits per heavy atom. The van der Waals surface area contributed by atoms with Gasteiger partial charge in [0.1, 0.15) is 0 Å². The number of rotatable bonds is 27. The van der Waals surface area contributed by atoms with Crippen LogP contribution in [-0.2, 0) is 51.6 Å². The molecule has 4 aromatic heterocycles. The molecule has 5 heterocycles. The van der Waals surface area contributed by atoms with Gasteiger partial charge in [0.15, 0.2) is 0 Å². The van der Waals surface area contributed by atoms with Crippen molar-refractivity contribution >= 4 is 88.4 Å². The number of nitrogens with zero attached hydrogens (tertiary/aromatic N) is 12. The number of likely N-dealkylation sites (N-methyl/N-ethyl adjacent to an activating group) is 2. The van der Waals surface area contributed by atoms with Crippen molar-refractivity contribution < 1.29 is 0 Å². The highest BCUT2D eigenvalue weighted by molar-refractivity contribution is 9.11. The number of fused-ring (bicyclic) bond motifs is 9. The van der Waals surface area contributed by atoms with Gasteiger partial charge in [-0.25, -0.2) is 29.9 Å². The number of halogens is 3. The van der Waals surface area contributed by atoms with Crippen molar-refractivity contribution in [2.75, 3.05) is 100 Å². The van der Waals surface area contributed by atoms with E-state index >= 15 is 0 Å². The maximum Gasteiger partial charge on any atom is 0.227 e. The van der Waals surface area contributed by atoms with Crippen LogP contribution in [0.3, 0.4) is 0 Å². The highest BCUT2D eigenvalue weighted by Crippen LogP contribution is 2.46. The van der Waals surface area contributed by atoms with Gasteiger partial charge in [-0.15, -0.1) is 0 Å². The molecule has 0 spiro atoms. The molecule has 1 fully saturated rings. The van der Waals surface area contributed by atoms with Gasteiger partial charge in [0.05, 0.1) is 17.1 Å². The number of nitrogens with one attached hydrogen (secondary N) is 3. The molecule has 18 heteroatoms. The third kappa shape index (κ3) is 22.2. The van der Waals surface area contributed by atoms with E-state index in [1.165, 1.54) is 100 Å². The fourth-order valence-corrected chi connectivity index (χ4v) is 18.8. The van der Waals surface area contributed by atoms with Crippen LogP contribution in [-0.4, -0.2) is 134 Å². The second kappa shape index (κ2) is 41.4. The van der Waals surface area contributed by atoms with Crippen molar-refractivity contribution in [2.24, 2.45) is 0 Å². The molecule has 3 aliphatic carbocycles. The van der Waals surface area contributed by atoms with Crippen molar-refractivity contribution in [3.8, 4) is 33.8 Å². The lowest BCUT2D eigenvalue weighted by Gasteiger charge is -2.36. The molecule has 11 aromatic carbocycles. The molecule has 19 rings (SSSR count). The largest absolute Gasteiger partial charge is 0.369 e. The molecule has 0 saturated carbocycles. The van der Waals surface area contributed by atoms with Crippen LogP contribution in [0.25, 0.3) is 33.8 Å². The summed E-state index contributed by atoms with van der Waals surface area (Å²) in [6.45, 7) is 14.7. The summed E-state index contributed by atoms with van der Waals surface area (Å²) in [7, 11) is 4.27. The number of pyridine rings is 1. The molecule has 1 saturated heterocycles. The van der Waals surface area contributed by atoms with Crippen LogP contribution in [0.4, 0.5) is 40.6 Å². The standard InChI is InChI=1S/C37H38BrN5.C36H34BrN5.C34H32BrN5/c1-42(2)21-22-43(26-28-9-4-3-5-10-28)20-19-27-15-17-32(18-16-27)40-37-39-25-30-24-35(29-11-8-12-31(38)23-29)33-13-6-7-14-34(33)36(30)41-37;37-29-8-6-7-27(23-29)34-24-28-25-38-36(40-35(28)33-12-5-4-11-32(33)34)39-30-15-13-26(14-16-30)17-18-41-19-21-42(22-20-41)31-9-2-1-3-10-31;1-2-40(23-25-14-17-36-18-15-25)19-16-24-10-12-29(13-11-24)38-34-37-22-27-21-32(26-6-5-7-28(35)20-26)30-8-3-4-9-31(30)33(27)39-34/h3-18,23,25,35H,19-22,24,26H2,1-2H3,(H,39,40,41);1-16,23,25,34H,17-22,24H2,(H,38,39,40);3-15,17-18,20,22,32H,2,16,19,21,23H2,1H3,(H,37,38,39). The topological polar surface area (TPSA) is 143 Å². The number of para-hydroxylation sites is 1. The van der Waals surface area contributed by atoms with Crippen LogP contribution in [0.5, 0.6) is 0 Å². The third-order valence-electron chi connectivity index (χ3n) is 24.4. The zero-order valence-corrected chi connectivity index (χ0v) is 75.8. The summed E-state index contributed by atoms with van der Waals surface area (Å²) in [5.74, 6) is 2.73. The number of hydrogen-bond acceptors (Lipinski definition) is 15. The minimum atomic E-state index is 0.280. The molecule has 0 radical (unpaired) electrons. The van der Waals surface area contributed by atoms with Crippen LogP contribution in [0.15, 0.2) is 336 Å². The first kappa shape index (κ1) is 85.5. The Kier molecular flexibility index (Phi) is 28.3. The van der Waals surface area contributed by atoms with E-state index in [1.54, 1.807) is 0 Å². The first-order valence-corrected chi connectivity index (χ1v) is 46.0. The minimum absolute atomic E-state index is 0.280. The lowest BCUT2D eigenvalue weighted by atomic mass is 9.78. The Hall–Kier alpha value is -11.7. The van der Waals surface area contributed by atoms with Gasteiger partial charge in [-0.1, -0.05) is 249 Å². The summed E-state index contributed by atoms with van der Waals surface area (Å²) in [5, 5.41) is 10.3. The van der Waals surface area contributed by atoms with Crippen molar-refractivity contribution in [1.29, 1.82) is 0 Å². The van der Waals surface area contributed by atoms with Crippen molar-refractivity contribution in [2.45, 2.75) is 76.3 Å². The summed E-state index contributed by atoms with van der Waals surface area (Å²) in [4.78, 5) is 45.6. The van der Waals surface area contributed by atoms with Crippen LogP contribution >= 0.6 is 47.8 Å². The smallest absolute Gasteiger partial charge is 0.227 e. The van der Waals surface area contributed by atoms with E-state index in [1.807, 2.05) is 31.0 Å². The number of anilines is 7. The first-order valence-electron chi connectivity index (χ1n) is 43.6. The molecule has 0 bridgehead atoms. The Labute approximate surface area is 761 Å². The van der Waals surface area contributed by atoms with Crippen LogP contribution in [0.1, 0.15) is 103 Å². The van der Waals surface area contributed by atoms with E-state index < -0.39 is 0 Å². The molecule has 3 atom stereocenters. The minimum Gasteiger partial charge on any atom is -0.369 e. The van der Waals surface area contributed by atoms with Crippen molar-refractivity contribution in [3.63, 3.8) is 0 Å². The maximum absolute atomic E-state index is 5.01. The molecular weight excluding hydrogens is 1730 g/mol. The van der Waals surface area contributed by atoms with Gasteiger partial charge in [-0.05, 0) is 234 Å². The molecule has 125 heavy (non-hydrogen) atoms. The zero-order chi connectivity index (χ0) is 85.2. The first-order chi connectivity index (χ1) is 61.4. The second-order valence-electron chi connectivity index (χ2n) is 33.1. The molecule has 15 nitrogen and oxygen atoms in total. The highest BCUT2D eigenvalue weighted by atomic mass is 79.9. The van der Waals surface area contributed by atoms with Gasteiger partial charge >= 0.3 is 0 Å². The van der Waals surface area contributed by atoms with E-state index in [9.17, 15) is 0 Å². The number of piperazine rings is 1. The quantitative estimate of drug-likeness (QED) is 0.0449. The number of aromatic nitrogens is 7. The molecule has 3 N–H and O–H groups in total. The highest BCUT2D eigenvalue weighted by Gasteiger charge is 2.32. The molecular formula is C107H104Br3N15. The maximum atomic E-state index is 5.01. The SMILES string of the molecule is Brc1cccc(C2Cc3cnc(Nc4ccc(CCN5CCN(c6ccccc6)CC5)cc4)nc3-c3ccccc32)c1.CCN(CCc1ccc(Nc2ncc3c(n2)-c2ccccc2C(c2cccc(Br)c2)C3)cc1)Cc1ccncc1.CN(C)CCN(CCc1ccc(Nc2ncc3c(n2)-c2ccccc2C(c2cccc(Br)c2)C3)cc1)Cc1ccccc1. The predicted octanol–water partition coefficient (Wildman–Crippen LogP) is 23.4. The lowest BCUT2D eigenvalue weighted by Crippen LogP contribution is -2.46. The van der Waals surface area contributed by atoms with Gasteiger partial charge in [0, 0.05) is 174 Å². The normalized spacial score (nSPS) is 14.9. The monoisotopic (exact) mass is 1840 g/mol. The van der Waals surface area contributed by atoms with Gasteiger partial charge in [0.2, 0.25) is 17.8 Å². The van der Waals surface area contributed by atoms with Crippen LogP contribution in [0, 0.1) is 0 Å². The summed E-state index contributed by atoms with van der Waals surface area (Å²) in [6, 6.07) is 103. The predicted molar refractivity (Wildman–Crippen MR) is 522 cm³/mol. The van der Waals surface area contributed by atoms with E-state index in [0.29, 0.717) is 17.8 Å². The Morgan fingerprint density at radius 3 is 1.14 bits per heavy atom. The van der Waals surface area contributed by atoms with Crippen molar-refractivity contribution in [1.82, 2.24) is 54.5 Å². The average Bonchev–Trinajstić information content (AvgIpc) is 0.768. The Morgan fingerprint density at radius 2 is 0.736 bits per heavy atom. The number of hydrogen-bond donors (Lipinski definition) is 3. The van der Waals surface area contributed by atoms with E-state index in [-0.39, 0.29) is 17.8 Å². The fraction of sp³-hybridized carbons (Fsp3) is 0.224. The van der Waals surface area contributed by atoms with Crippen LogP contribution < -0.4 is 20.9 Å². The lowest BCUT2D eigenvalue weighted by molar-refractivity contribution is 0.236. The summed E-state index contributed by atoms with van der Waals surface area (Å²) in [5.41, 5.74) is 29.0. The molecule has 3 unspecified atom stereocenters. The third-order valence-corrected chi connectivity index (χ3v) is 25.9.